The second-order valence-electron chi connectivity index (χ2n) is 7.63. The van der Waals surface area contributed by atoms with Gasteiger partial charge in [0.1, 0.15) is 5.82 Å². The van der Waals surface area contributed by atoms with Gasteiger partial charge in [0, 0.05) is 31.1 Å². The van der Waals surface area contributed by atoms with E-state index in [9.17, 15) is 18.0 Å². The monoisotopic (exact) mass is 518 g/mol. The highest BCUT2D eigenvalue weighted by molar-refractivity contribution is 6.35. The van der Waals surface area contributed by atoms with Crippen LogP contribution in [0.2, 0.25) is 10.0 Å². The van der Waals surface area contributed by atoms with Gasteiger partial charge in [-0.05, 0) is 42.8 Å². The molecule has 1 saturated heterocycles. The van der Waals surface area contributed by atoms with Crippen molar-refractivity contribution in [2.75, 3.05) is 13.1 Å². The molecule has 0 aliphatic carbocycles. The summed E-state index contributed by atoms with van der Waals surface area (Å²) in [6.07, 6.45) is 2.02. The molecule has 0 bridgehead atoms. The third kappa shape index (κ3) is 5.14. The predicted molar refractivity (Wildman–Crippen MR) is 124 cm³/mol. The van der Waals surface area contributed by atoms with Gasteiger partial charge in [0.05, 0.1) is 27.5 Å². The summed E-state index contributed by atoms with van der Waals surface area (Å²) in [5, 5.41) is 10.2. The van der Waals surface area contributed by atoms with Crippen LogP contribution in [0.4, 0.5) is 13.2 Å². The van der Waals surface area contributed by atoms with E-state index >= 15 is 0 Å². The molecular formula is C22H20Cl3F3N4O. The van der Waals surface area contributed by atoms with Crippen LogP contribution in [-0.4, -0.2) is 34.8 Å². The number of carbonyl (C=O) groups is 1. The maximum atomic E-state index is 15.0. The molecule has 11 heteroatoms. The summed E-state index contributed by atoms with van der Waals surface area (Å²) in [5.74, 6) is -3.67. The van der Waals surface area contributed by atoms with E-state index in [1.807, 2.05) is 0 Å². The average Bonchev–Trinajstić information content (AvgIpc) is 3.08. The Kier molecular flexibility index (Phi) is 7.95. The zero-order valence-electron chi connectivity index (χ0n) is 17.3. The largest absolute Gasteiger partial charge is 0.347 e. The molecule has 0 spiro atoms. The molecule has 2 N–H and O–H groups in total. The van der Waals surface area contributed by atoms with Gasteiger partial charge >= 0.3 is 0 Å². The number of nitrogens with one attached hydrogen (secondary N) is 2. The summed E-state index contributed by atoms with van der Waals surface area (Å²) in [4.78, 5) is 12.9. The van der Waals surface area contributed by atoms with E-state index in [2.05, 4.69) is 15.7 Å². The average molecular weight is 520 g/mol. The fraction of sp³-hybridized carbons (Fsp3) is 0.273. The first-order valence-corrected chi connectivity index (χ1v) is 10.6. The third-order valence-electron chi connectivity index (χ3n) is 5.61. The Bertz CT molecular complexity index is 1150. The molecule has 1 amide bonds. The minimum atomic E-state index is -0.954. The lowest BCUT2D eigenvalue weighted by atomic mass is 9.85. The molecule has 5 nitrogen and oxygen atoms in total. The number of amides is 1. The number of rotatable bonds is 4. The Morgan fingerprint density at radius 1 is 1.12 bits per heavy atom. The lowest BCUT2D eigenvalue weighted by Crippen LogP contribution is -2.50. The van der Waals surface area contributed by atoms with E-state index in [1.165, 1.54) is 29.1 Å². The van der Waals surface area contributed by atoms with Crippen LogP contribution < -0.4 is 10.6 Å². The molecule has 1 fully saturated rings. The Morgan fingerprint density at radius 2 is 1.88 bits per heavy atom. The van der Waals surface area contributed by atoms with Crippen LogP contribution >= 0.6 is 35.6 Å². The molecule has 1 aromatic heterocycles. The molecule has 2 aromatic carbocycles. The number of aryl methyl sites for hydroxylation is 1. The first kappa shape index (κ1) is 25.4. The van der Waals surface area contributed by atoms with Crippen LogP contribution in [0.3, 0.4) is 0 Å². The quantitative estimate of drug-likeness (QED) is 0.504. The van der Waals surface area contributed by atoms with E-state index in [0.29, 0.717) is 41.4 Å². The number of halogens is 6. The maximum Gasteiger partial charge on any atom is 0.256 e. The van der Waals surface area contributed by atoms with Crippen LogP contribution in [0.5, 0.6) is 0 Å². The molecule has 0 radical (unpaired) electrons. The van der Waals surface area contributed by atoms with E-state index in [4.69, 9.17) is 23.2 Å². The summed E-state index contributed by atoms with van der Waals surface area (Å²) in [6.45, 7) is 1.03. The highest BCUT2D eigenvalue weighted by Crippen LogP contribution is 2.33. The van der Waals surface area contributed by atoms with Gasteiger partial charge in [0.25, 0.3) is 5.91 Å². The summed E-state index contributed by atoms with van der Waals surface area (Å²) in [7, 11) is 1.65. The fourth-order valence-corrected chi connectivity index (χ4v) is 4.62. The van der Waals surface area contributed by atoms with Gasteiger partial charge < -0.3 is 10.6 Å². The summed E-state index contributed by atoms with van der Waals surface area (Å²) < 4.78 is 43.5. The first-order chi connectivity index (χ1) is 15.3. The Hall–Kier alpha value is -2.26. The minimum absolute atomic E-state index is 0. The number of benzene rings is 2. The van der Waals surface area contributed by atoms with E-state index in [0.717, 1.165) is 12.1 Å². The molecule has 176 valence electrons. The van der Waals surface area contributed by atoms with Crippen molar-refractivity contribution >= 4 is 41.5 Å². The van der Waals surface area contributed by atoms with Crippen LogP contribution in [0.15, 0.2) is 36.5 Å². The van der Waals surface area contributed by atoms with Crippen molar-refractivity contribution in [1.82, 2.24) is 20.4 Å². The predicted octanol–water partition coefficient (Wildman–Crippen LogP) is 5.11. The second-order valence-corrected chi connectivity index (χ2v) is 8.45. The molecule has 1 aliphatic rings. The highest BCUT2D eigenvalue weighted by atomic mass is 35.5. The van der Waals surface area contributed by atoms with Gasteiger partial charge in [-0.15, -0.1) is 12.4 Å². The lowest BCUT2D eigenvalue weighted by Gasteiger charge is -2.33. The summed E-state index contributed by atoms with van der Waals surface area (Å²) >= 11 is 12.4. The maximum absolute atomic E-state index is 15.0. The van der Waals surface area contributed by atoms with Crippen LogP contribution in [-0.2, 0) is 7.05 Å². The lowest BCUT2D eigenvalue weighted by molar-refractivity contribution is 0.0920. The van der Waals surface area contributed by atoms with Crippen molar-refractivity contribution < 1.29 is 18.0 Å². The Morgan fingerprint density at radius 3 is 2.52 bits per heavy atom. The van der Waals surface area contributed by atoms with Crippen molar-refractivity contribution in [2.45, 2.75) is 18.4 Å². The van der Waals surface area contributed by atoms with Gasteiger partial charge in [0.2, 0.25) is 0 Å². The number of hydrogen-bond acceptors (Lipinski definition) is 3. The van der Waals surface area contributed by atoms with E-state index in [1.54, 1.807) is 7.05 Å². The van der Waals surface area contributed by atoms with E-state index < -0.39 is 29.4 Å². The highest BCUT2D eigenvalue weighted by Gasteiger charge is 2.30. The van der Waals surface area contributed by atoms with Crippen molar-refractivity contribution in [3.8, 4) is 11.3 Å². The fourth-order valence-electron chi connectivity index (χ4n) is 4.05. The normalized spacial score (nSPS) is 18.0. The van der Waals surface area contributed by atoms with Crippen molar-refractivity contribution in [1.29, 1.82) is 0 Å². The van der Waals surface area contributed by atoms with Crippen molar-refractivity contribution in [3.63, 3.8) is 0 Å². The van der Waals surface area contributed by atoms with Gasteiger partial charge in [0.15, 0.2) is 11.6 Å². The third-order valence-corrected chi connectivity index (χ3v) is 6.18. The molecule has 2 heterocycles. The molecule has 2 atom stereocenters. The van der Waals surface area contributed by atoms with Crippen molar-refractivity contribution in [2.24, 2.45) is 7.05 Å². The summed E-state index contributed by atoms with van der Waals surface area (Å²) in [5.41, 5.74) is 1.11. The standard InChI is InChI=1S/C22H19Cl2F3N4O.ClH/c1-31-21(15(24)9-29-31)12-6-14(23)20(18(27)8-12)22(32)30-19-10-28-5-4-13(19)11-2-3-16(25)17(26)7-11;/h2-3,6-9,13,19,28H,4-5,10H2,1H3,(H,30,32);1H/t13-,19+;/m0./s1. The van der Waals surface area contributed by atoms with Gasteiger partial charge in [-0.25, -0.2) is 13.2 Å². The minimum Gasteiger partial charge on any atom is -0.347 e. The van der Waals surface area contributed by atoms with Gasteiger partial charge in [-0.2, -0.15) is 5.10 Å². The molecule has 0 saturated carbocycles. The topological polar surface area (TPSA) is 59.0 Å². The number of carbonyl (C=O) groups excluding carboxylic acids is 1. The number of nitrogens with zero attached hydrogens (tertiary/aromatic N) is 2. The molecule has 1 aliphatic heterocycles. The Labute approximate surface area is 204 Å². The second kappa shape index (κ2) is 10.3. The first-order valence-electron chi connectivity index (χ1n) is 9.89. The number of piperidine rings is 1. The van der Waals surface area contributed by atoms with Crippen molar-refractivity contribution in [3.05, 3.63) is 75.2 Å². The van der Waals surface area contributed by atoms with Gasteiger partial charge in [-0.1, -0.05) is 29.3 Å². The van der Waals surface area contributed by atoms with Crippen LogP contribution in [0, 0.1) is 17.5 Å². The SMILES string of the molecule is Cl.Cn1ncc(Cl)c1-c1cc(F)c(C(=O)N[C@@H]2CNCC[C@H]2c2ccc(F)c(F)c2)c(Cl)c1. The number of hydrogen-bond donors (Lipinski definition) is 2. The van der Waals surface area contributed by atoms with E-state index in [-0.39, 0.29) is 28.9 Å². The van der Waals surface area contributed by atoms with Crippen LogP contribution in [0.25, 0.3) is 11.3 Å². The molecular weight excluding hydrogens is 500 g/mol. The molecule has 0 unspecified atom stereocenters. The smallest absolute Gasteiger partial charge is 0.256 e. The summed E-state index contributed by atoms with van der Waals surface area (Å²) in [6, 6.07) is 5.84. The Balaban J connectivity index is 0.00000306. The zero-order valence-corrected chi connectivity index (χ0v) is 19.7. The zero-order chi connectivity index (χ0) is 23.0. The molecule has 33 heavy (non-hydrogen) atoms. The number of aromatic nitrogens is 2. The van der Waals surface area contributed by atoms with Gasteiger partial charge in [-0.3, -0.25) is 9.48 Å². The molecule has 3 aromatic rings. The van der Waals surface area contributed by atoms with Crippen LogP contribution in [0.1, 0.15) is 28.3 Å². The molecule has 4 rings (SSSR count).